The smallest absolute Gasteiger partial charge is 0.00104 e. The van der Waals surface area contributed by atoms with Crippen molar-refractivity contribution in [2.24, 2.45) is 0 Å². The lowest BCUT2D eigenvalue weighted by Gasteiger charge is -2.16. The summed E-state index contributed by atoms with van der Waals surface area (Å²) >= 11 is 0. The van der Waals surface area contributed by atoms with Gasteiger partial charge in [-0.1, -0.05) is 97.1 Å². The fourth-order valence-corrected chi connectivity index (χ4v) is 4.16. The number of fused-ring (bicyclic) bond motifs is 3. The molecule has 0 bridgehead atoms. The SMILES string of the molecule is c1ccc(Cc2c(-c3ccccc3)ccc3c2Cc2ccccc2-3)cc1. The summed E-state index contributed by atoms with van der Waals surface area (Å²) in [5.74, 6) is 0. The van der Waals surface area contributed by atoms with Gasteiger partial charge in [-0.3, -0.25) is 0 Å². The number of hydrogen-bond donors (Lipinski definition) is 0. The lowest BCUT2D eigenvalue weighted by molar-refractivity contribution is 1.12. The third kappa shape index (κ3) is 2.55. The molecule has 0 fully saturated rings. The Morgan fingerprint density at radius 3 is 2.00 bits per heavy atom. The molecule has 0 heteroatoms. The summed E-state index contributed by atoms with van der Waals surface area (Å²) in [4.78, 5) is 0. The second-order valence-electron chi connectivity index (χ2n) is 6.98. The number of benzene rings is 4. The first-order valence-corrected chi connectivity index (χ1v) is 9.22. The van der Waals surface area contributed by atoms with Crippen molar-refractivity contribution < 1.29 is 0 Å². The molecular weight excluding hydrogens is 312 g/mol. The lowest BCUT2D eigenvalue weighted by Crippen LogP contribution is -1.98. The van der Waals surface area contributed by atoms with Gasteiger partial charge in [-0.15, -0.1) is 0 Å². The lowest BCUT2D eigenvalue weighted by atomic mass is 9.88. The van der Waals surface area contributed by atoms with Crippen molar-refractivity contribution >= 4 is 0 Å². The minimum Gasteiger partial charge on any atom is -0.0622 e. The molecule has 0 N–H and O–H groups in total. The van der Waals surface area contributed by atoms with Gasteiger partial charge in [0.1, 0.15) is 0 Å². The van der Waals surface area contributed by atoms with Crippen molar-refractivity contribution in [3.63, 3.8) is 0 Å². The van der Waals surface area contributed by atoms with Gasteiger partial charge < -0.3 is 0 Å². The van der Waals surface area contributed by atoms with E-state index >= 15 is 0 Å². The standard InChI is InChI=1S/C26H20/c1-3-9-19(10-4-1)17-25-23(20-11-5-2-6-12-20)15-16-24-22-14-8-7-13-21(22)18-26(24)25/h1-16H,17-18H2. The topological polar surface area (TPSA) is 0 Å². The van der Waals surface area contributed by atoms with Crippen molar-refractivity contribution in [2.75, 3.05) is 0 Å². The Bertz CT molecular complexity index is 1060. The Morgan fingerprint density at radius 2 is 1.19 bits per heavy atom. The summed E-state index contributed by atoms with van der Waals surface area (Å²) in [6, 6.07) is 35.1. The largest absolute Gasteiger partial charge is 0.0622 e. The van der Waals surface area contributed by atoms with Crippen LogP contribution in [-0.2, 0) is 12.8 Å². The maximum atomic E-state index is 2.32. The molecule has 0 saturated carbocycles. The van der Waals surface area contributed by atoms with Crippen LogP contribution in [0.5, 0.6) is 0 Å². The molecule has 5 rings (SSSR count). The van der Waals surface area contributed by atoms with E-state index in [1.807, 2.05) is 0 Å². The van der Waals surface area contributed by atoms with Crippen molar-refractivity contribution in [1.29, 1.82) is 0 Å². The van der Waals surface area contributed by atoms with E-state index in [0.29, 0.717) is 0 Å². The van der Waals surface area contributed by atoms with Gasteiger partial charge in [0.25, 0.3) is 0 Å². The van der Waals surface area contributed by atoms with Crippen LogP contribution in [0.25, 0.3) is 22.3 Å². The minimum absolute atomic E-state index is 0.974. The molecule has 0 heterocycles. The molecule has 0 saturated heterocycles. The predicted molar refractivity (Wildman–Crippen MR) is 109 cm³/mol. The fraction of sp³-hybridized carbons (Fsp3) is 0.0769. The molecule has 124 valence electrons. The van der Waals surface area contributed by atoms with Crippen LogP contribution in [-0.4, -0.2) is 0 Å². The van der Waals surface area contributed by atoms with E-state index in [1.54, 1.807) is 0 Å². The van der Waals surface area contributed by atoms with E-state index in [0.717, 1.165) is 12.8 Å². The number of hydrogen-bond acceptors (Lipinski definition) is 0. The van der Waals surface area contributed by atoms with Crippen LogP contribution in [0.15, 0.2) is 97.1 Å². The summed E-state index contributed by atoms with van der Waals surface area (Å²) in [7, 11) is 0. The van der Waals surface area contributed by atoms with E-state index in [4.69, 9.17) is 0 Å². The molecule has 4 aromatic carbocycles. The van der Waals surface area contributed by atoms with Gasteiger partial charge in [-0.05, 0) is 57.3 Å². The molecule has 0 unspecified atom stereocenters. The zero-order valence-corrected chi connectivity index (χ0v) is 14.7. The summed E-state index contributed by atoms with van der Waals surface area (Å²) in [6.07, 6.45) is 2.01. The second-order valence-corrected chi connectivity index (χ2v) is 6.98. The molecule has 0 nitrogen and oxygen atoms in total. The van der Waals surface area contributed by atoms with E-state index < -0.39 is 0 Å². The zero-order valence-electron chi connectivity index (χ0n) is 14.7. The van der Waals surface area contributed by atoms with Crippen LogP contribution in [0.2, 0.25) is 0 Å². The van der Waals surface area contributed by atoms with E-state index in [9.17, 15) is 0 Å². The molecule has 26 heavy (non-hydrogen) atoms. The van der Waals surface area contributed by atoms with Crippen LogP contribution in [0.3, 0.4) is 0 Å². The van der Waals surface area contributed by atoms with Crippen molar-refractivity contribution in [3.8, 4) is 22.3 Å². The van der Waals surface area contributed by atoms with Crippen LogP contribution >= 0.6 is 0 Å². The average molecular weight is 332 g/mol. The fourth-order valence-electron chi connectivity index (χ4n) is 4.16. The summed E-state index contributed by atoms with van der Waals surface area (Å²) in [6.45, 7) is 0. The molecule has 0 spiro atoms. The Hall–Kier alpha value is -3.12. The molecule has 4 aromatic rings. The first-order valence-electron chi connectivity index (χ1n) is 9.22. The molecule has 0 aromatic heterocycles. The van der Waals surface area contributed by atoms with Crippen LogP contribution in [0.1, 0.15) is 22.3 Å². The Labute approximate surface area is 154 Å². The minimum atomic E-state index is 0.974. The molecule has 0 amide bonds. The van der Waals surface area contributed by atoms with Gasteiger partial charge in [-0.2, -0.15) is 0 Å². The first-order chi connectivity index (χ1) is 12.9. The van der Waals surface area contributed by atoms with Crippen molar-refractivity contribution in [2.45, 2.75) is 12.8 Å². The maximum absolute atomic E-state index is 2.32. The highest BCUT2D eigenvalue weighted by Gasteiger charge is 2.23. The highest BCUT2D eigenvalue weighted by Crippen LogP contribution is 2.42. The van der Waals surface area contributed by atoms with Crippen LogP contribution in [0, 0.1) is 0 Å². The van der Waals surface area contributed by atoms with Crippen LogP contribution in [0.4, 0.5) is 0 Å². The molecule has 1 aliphatic carbocycles. The molecular formula is C26H20. The predicted octanol–water partition coefficient (Wildman–Crippen LogP) is 6.52. The third-order valence-electron chi connectivity index (χ3n) is 5.41. The summed E-state index contributed by atoms with van der Waals surface area (Å²) < 4.78 is 0. The average Bonchev–Trinajstić information content (AvgIpc) is 3.09. The quantitative estimate of drug-likeness (QED) is 0.353. The van der Waals surface area contributed by atoms with E-state index in [2.05, 4.69) is 97.1 Å². The normalized spacial score (nSPS) is 11.8. The highest BCUT2D eigenvalue weighted by atomic mass is 14.3. The summed E-state index contributed by atoms with van der Waals surface area (Å²) in [5.41, 5.74) is 11.3. The Balaban J connectivity index is 1.71. The van der Waals surface area contributed by atoms with Crippen molar-refractivity contribution in [3.05, 3.63) is 119 Å². The van der Waals surface area contributed by atoms with Crippen LogP contribution < -0.4 is 0 Å². The molecule has 0 radical (unpaired) electrons. The van der Waals surface area contributed by atoms with Gasteiger partial charge in [0.15, 0.2) is 0 Å². The molecule has 0 aliphatic heterocycles. The highest BCUT2D eigenvalue weighted by molar-refractivity contribution is 5.83. The van der Waals surface area contributed by atoms with Gasteiger partial charge >= 0.3 is 0 Å². The number of rotatable bonds is 3. The van der Waals surface area contributed by atoms with E-state index in [-0.39, 0.29) is 0 Å². The third-order valence-corrected chi connectivity index (χ3v) is 5.41. The first kappa shape index (κ1) is 15.2. The molecule has 1 aliphatic rings. The van der Waals surface area contributed by atoms with Gasteiger partial charge in [0.05, 0.1) is 0 Å². The second kappa shape index (κ2) is 6.31. The molecule has 0 atom stereocenters. The van der Waals surface area contributed by atoms with Gasteiger partial charge in [0.2, 0.25) is 0 Å². The Morgan fingerprint density at radius 1 is 0.538 bits per heavy atom. The van der Waals surface area contributed by atoms with E-state index in [1.165, 1.54) is 44.5 Å². The Kier molecular flexibility index (Phi) is 3.68. The van der Waals surface area contributed by atoms with Gasteiger partial charge in [-0.25, -0.2) is 0 Å². The van der Waals surface area contributed by atoms with Crippen molar-refractivity contribution in [1.82, 2.24) is 0 Å². The zero-order chi connectivity index (χ0) is 17.3. The maximum Gasteiger partial charge on any atom is -0.00104 e. The summed E-state index contributed by atoms with van der Waals surface area (Å²) in [5, 5.41) is 0. The van der Waals surface area contributed by atoms with Gasteiger partial charge in [0, 0.05) is 0 Å². The monoisotopic (exact) mass is 332 g/mol.